The van der Waals surface area contributed by atoms with Crippen LogP contribution in [0.2, 0.25) is 0 Å². The first kappa shape index (κ1) is 10.0. The summed E-state index contributed by atoms with van der Waals surface area (Å²) in [5.41, 5.74) is 0.400. The van der Waals surface area contributed by atoms with Crippen molar-refractivity contribution in [2.45, 2.75) is 46.6 Å². The third-order valence-electron chi connectivity index (χ3n) is 3.14. The average molecular weight is 169 g/mol. The van der Waals surface area contributed by atoms with E-state index in [0.717, 1.165) is 11.8 Å². The second-order valence-electron chi connectivity index (χ2n) is 5.33. The number of hydrogen-bond acceptors (Lipinski definition) is 1. The summed E-state index contributed by atoms with van der Waals surface area (Å²) in [4.78, 5) is 0. The Morgan fingerprint density at radius 3 is 2.00 bits per heavy atom. The van der Waals surface area contributed by atoms with Crippen molar-refractivity contribution in [3.05, 3.63) is 0 Å². The summed E-state index contributed by atoms with van der Waals surface area (Å²) < 4.78 is 0. The van der Waals surface area contributed by atoms with E-state index in [0.29, 0.717) is 11.5 Å². The summed E-state index contributed by atoms with van der Waals surface area (Å²) in [6.45, 7) is 9.37. The molecule has 0 spiro atoms. The van der Waals surface area contributed by atoms with Crippen molar-refractivity contribution < 1.29 is 0 Å². The number of rotatable bonds is 3. The van der Waals surface area contributed by atoms with Crippen molar-refractivity contribution in [3.63, 3.8) is 0 Å². The SMILES string of the molecule is CNC(C(C)C1CC1)C(C)(C)C. The molecule has 1 rings (SSSR count). The van der Waals surface area contributed by atoms with Gasteiger partial charge < -0.3 is 5.32 Å². The van der Waals surface area contributed by atoms with Crippen molar-refractivity contribution in [2.75, 3.05) is 7.05 Å². The lowest BCUT2D eigenvalue weighted by molar-refractivity contribution is 0.197. The van der Waals surface area contributed by atoms with Gasteiger partial charge in [-0.3, -0.25) is 0 Å². The fourth-order valence-corrected chi connectivity index (χ4v) is 2.38. The highest BCUT2D eigenvalue weighted by Crippen LogP contribution is 2.41. The van der Waals surface area contributed by atoms with Crippen LogP contribution in [-0.2, 0) is 0 Å². The van der Waals surface area contributed by atoms with Gasteiger partial charge in [0.1, 0.15) is 0 Å². The fraction of sp³-hybridized carbons (Fsp3) is 1.00. The molecule has 0 bridgehead atoms. The van der Waals surface area contributed by atoms with Gasteiger partial charge in [-0.1, -0.05) is 27.7 Å². The molecule has 1 aliphatic carbocycles. The van der Waals surface area contributed by atoms with E-state index in [-0.39, 0.29) is 0 Å². The highest BCUT2D eigenvalue weighted by molar-refractivity contribution is 4.91. The van der Waals surface area contributed by atoms with Crippen LogP contribution in [0.4, 0.5) is 0 Å². The van der Waals surface area contributed by atoms with Gasteiger partial charge in [-0.25, -0.2) is 0 Å². The highest BCUT2D eigenvalue weighted by Gasteiger charge is 2.37. The predicted molar refractivity (Wildman–Crippen MR) is 54.2 cm³/mol. The molecule has 1 N–H and O–H groups in total. The van der Waals surface area contributed by atoms with Crippen LogP contribution in [-0.4, -0.2) is 13.1 Å². The molecule has 2 atom stereocenters. The Kier molecular flexibility index (Phi) is 2.82. The summed E-state index contributed by atoms with van der Waals surface area (Å²) >= 11 is 0. The molecular formula is C11H23N. The van der Waals surface area contributed by atoms with E-state index in [1.807, 2.05) is 0 Å². The Morgan fingerprint density at radius 1 is 1.25 bits per heavy atom. The summed E-state index contributed by atoms with van der Waals surface area (Å²) in [6.07, 6.45) is 2.91. The van der Waals surface area contributed by atoms with Crippen LogP contribution in [0.3, 0.4) is 0 Å². The van der Waals surface area contributed by atoms with Gasteiger partial charge in [0.15, 0.2) is 0 Å². The van der Waals surface area contributed by atoms with Gasteiger partial charge in [0, 0.05) is 6.04 Å². The van der Waals surface area contributed by atoms with Crippen LogP contribution >= 0.6 is 0 Å². The standard InChI is InChI=1S/C11H23N/c1-8(9-6-7-9)10(12-5)11(2,3)4/h8-10,12H,6-7H2,1-5H3. The first-order valence-electron chi connectivity index (χ1n) is 5.14. The minimum absolute atomic E-state index is 0.400. The quantitative estimate of drug-likeness (QED) is 0.685. The number of hydrogen-bond donors (Lipinski definition) is 1. The largest absolute Gasteiger partial charge is 0.316 e. The molecule has 0 aromatic carbocycles. The molecule has 12 heavy (non-hydrogen) atoms. The van der Waals surface area contributed by atoms with Gasteiger partial charge in [-0.2, -0.15) is 0 Å². The summed E-state index contributed by atoms with van der Waals surface area (Å²) in [7, 11) is 2.09. The van der Waals surface area contributed by atoms with Crippen molar-refractivity contribution >= 4 is 0 Å². The lowest BCUT2D eigenvalue weighted by atomic mass is 9.78. The Labute approximate surface area is 76.9 Å². The van der Waals surface area contributed by atoms with E-state index in [9.17, 15) is 0 Å². The Morgan fingerprint density at radius 2 is 1.75 bits per heavy atom. The summed E-state index contributed by atoms with van der Waals surface area (Å²) in [5.74, 6) is 1.84. The molecule has 0 saturated heterocycles. The van der Waals surface area contributed by atoms with E-state index < -0.39 is 0 Å². The van der Waals surface area contributed by atoms with Gasteiger partial charge in [0.05, 0.1) is 0 Å². The second-order valence-corrected chi connectivity index (χ2v) is 5.33. The predicted octanol–water partition coefficient (Wildman–Crippen LogP) is 2.67. The topological polar surface area (TPSA) is 12.0 Å². The molecule has 1 nitrogen and oxygen atoms in total. The van der Waals surface area contributed by atoms with Crippen molar-refractivity contribution in [3.8, 4) is 0 Å². The molecule has 1 saturated carbocycles. The van der Waals surface area contributed by atoms with Gasteiger partial charge >= 0.3 is 0 Å². The van der Waals surface area contributed by atoms with Crippen LogP contribution < -0.4 is 5.32 Å². The zero-order valence-electron chi connectivity index (χ0n) is 9.15. The van der Waals surface area contributed by atoms with Gasteiger partial charge in [-0.15, -0.1) is 0 Å². The van der Waals surface area contributed by atoms with Crippen LogP contribution in [0.15, 0.2) is 0 Å². The van der Waals surface area contributed by atoms with Crippen LogP contribution in [0.1, 0.15) is 40.5 Å². The second kappa shape index (κ2) is 3.37. The average Bonchev–Trinajstić information content (AvgIpc) is 2.65. The zero-order chi connectivity index (χ0) is 9.35. The molecule has 1 fully saturated rings. The van der Waals surface area contributed by atoms with Crippen molar-refractivity contribution in [1.29, 1.82) is 0 Å². The van der Waals surface area contributed by atoms with E-state index in [1.165, 1.54) is 12.8 Å². The first-order valence-corrected chi connectivity index (χ1v) is 5.14. The lowest BCUT2D eigenvalue weighted by Crippen LogP contribution is -2.43. The molecule has 0 aromatic rings. The van der Waals surface area contributed by atoms with Gasteiger partial charge in [-0.05, 0) is 37.1 Å². The maximum atomic E-state index is 3.46. The zero-order valence-corrected chi connectivity index (χ0v) is 9.15. The van der Waals surface area contributed by atoms with Crippen molar-refractivity contribution in [2.24, 2.45) is 17.3 Å². The third-order valence-corrected chi connectivity index (χ3v) is 3.14. The van der Waals surface area contributed by atoms with E-state index in [4.69, 9.17) is 0 Å². The van der Waals surface area contributed by atoms with Crippen LogP contribution in [0.25, 0.3) is 0 Å². The molecule has 0 radical (unpaired) electrons. The smallest absolute Gasteiger partial charge is 0.0141 e. The fourth-order valence-electron chi connectivity index (χ4n) is 2.38. The van der Waals surface area contributed by atoms with Gasteiger partial charge in [0.25, 0.3) is 0 Å². The molecule has 1 aliphatic rings. The van der Waals surface area contributed by atoms with E-state index in [2.05, 4.69) is 40.1 Å². The molecular weight excluding hydrogens is 146 g/mol. The van der Waals surface area contributed by atoms with Crippen LogP contribution in [0.5, 0.6) is 0 Å². The molecule has 0 aliphatic heterocycles. The molecule has 2 unspecified atom stereocenters. The van der Waals surface area contributed by atoms with Crippen molar-refractivity contribution in [1.82, 2.24) is 5.32 Å². The monoisotopic (exact) mass is 169 g/mol. The lowest BCUT2D eigenvalue weighted by Gasteiger charge is -2.35. The number of nitrogens with one attached hydrogen (secondary N) is 1. The highest BCUT2D eigenvalue weighted by atomic mass is 14.9. The maximum Gasteiger partial charge on any atom is 0.0141 e. The molecule has 1 heteroatoms. The molecule has 0 amide bonds. The molecule has 0 aromatic heterocycles. The van der Waals surface area contributed by atoms with E-state index in [1.54, 1.807) is 0 Å². The Bertz CT molecular complexity index is 142. The minimum Gasteiger partial charge on any atom is -0.316 e. The van der Waals surface area contributed by atoms with Crippen LogP contribution in [0, 0.1) is 17.3 Å². The maximum absolute atomic E-state index is 3.46. The third kappa shape index (κ3) is 2.22. The Balaban J connectivity index is 2.53. The summed E-state index contributed by atoms with van der Waals surface area (Å²) in [6, 6.07) is 0.671. The van der Waals surface area contributed by atoms with E-state index >= 15 is 0 Å². The van der Waals surface area contributed by atoms with Gasteiger partial charge in [0.2, 0.25) is 0 Å². The summed E-state index contributed by atoms with van der Waals surface area (Å²) in [5, 5.41) is 3.46. The minimum atomic E-state index is 0.400. The first-order chi connectivity index (χ1) is 5.46. The molecule has 0 heterocycles. The normalized spacial score (nSPS) is 23.8. The Hall–Kier alpha value is -0.0400. The molecule has 72 valence electrons.